The second-order valence-electron chi connectivity index (χ2n) is 7.29. The first-order valence-electron chi connectivity index (χ1n) is 10.2. The van der Waals surface area contributed by atoms with E-state index in [-0.39, 0.29) is 17.9 Å². The van der Waals surface area contributed by atoms with Gasteiger partial charge in [0.25, 0.3) is 0 Å². The number of carbonyl (C=O) groups is 1. The minimum absolute atomic E-state index is 0.107. The standard InChI is InChI=1S/C24H24N2O4/c1-4-6-13-26(3)15-11-12-18-19(14-15)30-23-20(24(28)29-5-2)22(27)17-10-8-7-9-16(17)21(23)25-18/h7-12,14H,4-6,13H2,1-3H3. The predicted octanol–water partition coefficient (Wildman–Crippen LogP) is 4.86. The highest BCUT2D eigenvalue weighted by molar-refractivity contribution is 6.06. The molecule has 2 aromatic rings. The Balaban J connectivity index is 2.00. The molecule has 0 fully saturated rings. The third-order valence-electron chi connectivity index (χ3n) is 5.25. The van der Waals surface area contributed by atoms with Crippen LogP contribution in [0.4, 0.5) is 5.69 Å². The van der Waals surface area contributed by atoms with Crippen molar-refractivity contribution < 1.29 is 13.9 Å². The van der Waals surface area contributed by atoms with Crippen molar-refractivity contribution in [3.05, 3.63) is 58.3 Å². The van der Waals surface area contributed by atoms with Gasteiger partial charge in [-0.3, -0.25) is 4.79 Å². The molecule has 0 amide bonds. The lowest BCUT2D eigenvalue weighted by molar-refractivity contribution is 0.0524. The molecule has 0 N–H and O–H groups in total. The second kappa shape index (κ2) is 8.14. The molecule has 0 aromatic heterocycles. The summed E-state index contributed by atoms with van der Waals surface area (Å²) in [7, 11) is 2.03. The number of rotatable bonds is 6. The molecule has 0 saturated carbocycles. The van der Waals surface area contributed by atoms with Crippen LogP contribution in [0.3, 0.4) is 0 Å². The summed E-state index contributed by atoms with van der Waals surface area (Å²) in [5, 5.41) is 1.08. The number of anilines is 1. The maximum absolute atomic E-state index is 13.1. The quantitative estimate of drug-likeness (QED) is 0.260. The molecule has 154 valence electrons. The minimum atomic E-state index is -0.695. The Labute approximate surface area is 174 Å². The summed E-state index contributed by atoms with van der Waals surface area (Å²) < 4.78 is 11.3. The number of fused-ring (bicyclic) bond motifs is 4. The molecule has 6 nitrogen and oxygen atoms in total. The van der Waals surface area contributed by atoms with Gasteiger partial charge in [-0.05, 0) is 25.5 Å². The molecule has 2 aliphatic rings. The molecule has 1 aliphatic carbocycles. The van der Waals surface area contributed by atoms with Crippen molar-refractivity contribution in [1.29, 1.82) is 0 Å². The first kappa shape index (κ1) is 19.9. The fourth-order valence-electron chi connectivity index (χ4n) is 3.63. The van der Waals surface area contributed by atoms with E-state index in [1.165, 1.54) is 0 Å². The molecule has 1 heterocycles. The molecule has 0 unspecified atom stereocenters. The Kier molecular flexibility index (Phi) is 5.40. The molecule has 0 saturated heterocycles. The third-order valence-corrected chi connectivity index (χ3v) is 5.25. The summed E-state index contributed by atoms with van der Waals surface area (Å²) in [5.41, 5.74) is 2.13. The van der Waals surface area contributed by atoms with E-state index in [2.05, 4.69) is 11.8 Å². The van der Waals surface area contributed by atoms with Crippen molar-refractivity contribution in [2.75, 3.05) is 25.1 Å². The maximum atomic E-state index is 13.1. The lowest BCUT2D eigenvalue weighted by Crippen LogP contribution is -2.20. The Bertz CT molecular complexity index is 1260. The molecule has 0 spiro atoms. The van der Waals surface area contributed by atoms with Crippen molar-refractivity contribution in [2.45, 2.75) is 26.7 Å². The fraction of sp³-hybridized carbons (Fsp3) is 0.292. The van der Waals surface area contributed by atoms with Gasteiger partial charge < -0.3 is 14.1 Å². The van der Waals surface area contributed by atoms with Crippen molar-refractivity contribution in [3.8, 4) is 11.5 Å². The summed E-state index contributed by atoms with van der Waals surface area (Å²) in [6, 6.07) is 12.9. The Hall–Kier alpha value is -3.41. The summed E-state index contributed by atoms with van der Waals surface area (Å²) in [6.45, 7) is 4.95. The molecular formula is C24H24N2O4. The Morgan fingerprint density at radius 1 is 1.13 bits per heavy atom. The van der Waals surface area contributed by atoms with E-state index in [9.17, 15) is 9.59 Å². The van der Waals surface area contributed by atoms with Crippen LogP contribution in [0.2, 0.25) is 0 Å². The van der Waals surface area contributed by atoms with Crippen molar-refractivity contribution in [3.63, 3.8) is 0 Å². The SMILES string of the molecule is CCCCN(C)c1ccc2nc3c4ccccc4c(=O)c(C(=O)OCC)c-3oc2c1. The van der Waals surface area contributed by atoms with Gasteiger partial charge in [0.2, 0.25) is 5.43 Å². The first-order chi connectivity index (χ1) is 14.5. The smallest absolute Gasteiger partial charge is 0.346 e. The molecule has 0 bridgehead atoms. The van der Waals surface area contributed by atoms with Gasteiger partial charge in [-0.25, -0.2) is 9.78 Å². The number of aromatic nitrogens is 1. The number of unbranched alkanes of at least 4 members (excludes halogenated alkanes) is 1. The van der Waals surface area contributed by atoms with Gasteiger partial charge in [0.1, 0.15) is 11.2 Å². The normalized spacial score (nSPS) is 11.3. The summed E-state index contributed by atoms with van der Waals surface area (Å²) >= 11 is 0. The maximum Gasteiger partial charge on any atom is 0.346 e. The highest BCUT2D eigenvalue weighted by atomic mass is 16.5. The molecule has 4 rings (SSSR count). The van der Waals surface area contributed by atoms with E-state index in [0.29, 0.717) is 27.6 Å². The summed E-state index contributed by atoms with van der Waals surface area (Å²) in [6.07, 6.45) is 2.19. The Morgan fingerprint density at radius 2 is 1.90 bits per heavy atom. The van der Waals surface area contributed by atoms with Gasteiger partial charge in [0.05, 0.1) is 6.61 Å². The van der Waals surface area contributed by atoms with E-state index in [0.717, 1.165) is 25.1 Å². The van der Waals surface area contributed by atoms with Crippen LogP contribution >= 0.6 is 0 Å². The third kappa shape index (κ3) is 3.38. The van der Waals surface area contributed by atoms with E-state index in [1.54, 1.807) is 19.1 Å². The molecule has 0 atom stereocenters. The molecule has 2 aromatic carbocycles. The van der Waals surface area contributed by atoms with Crippen LogP contribution in [0.1, 0.15) is 37.0 Å². The van der Waals surface area contributed by atoms with E-state index in [1.807, 2.05) is 37.4 Å². The minimum Gasteiger partial charge on any atom is -0.462 e. The highest BCUT2D eigenvalue weighted by Gasteiger charge is 2.27. The monoisotopic (exact) mass is 404 g/mol. The van der Waals surface area contributed by atoms with Crippen molar-refractivity contribution in [2.24, 2.45) is 0 Å². The van der Waals surface area contributed by atoms with Crippen LogP contribution in [0.5, 0.6) is 0 Å². The van der Waals surface area contributed by atoms with Gasteiger partial charge >= 0.3 is 5.97 Å². The zero-order valence-corrected chi connectivity index (χ0v) is 17.4. The van der Waals surface area contributed by atoms with Gasteiger partial charge in [-0.15, -0.1) is 0 Å². The zero-order valence-electron chi connectivity index (χ0n) is 17.4. The number of nitrogens with zero attached hydrogens (tertiary/aromatic N) is 2. The number of carbonyl (C=O) groups excluding carboxylic acids is 1. The zero-order chi connectivity index (χ0) is 21.3. The first-order valence-corrected chi connectivity index (χ1v) is 10.2. The van der Waals surface area contributed by atoms with Crippen LogP contribution in [0.15, 0.2) is 51.7 Å². The number of hydrogen-bond donors (Lipinski definition) is 0. The van der Waals surface area contributed by atoms with E-state index >= 15 is 0 Å². The fourth-order valence-corrected chi connectivity index (χ4v) is 3.63. The van der Waals surface area contributed by atoms with E-state index in [4.69, 9.17) is 14.1 Å². The van der Waals surface area contributed by atoms with Crippen molar-refractivity contribution >= 4 is 33.5 Å². The molecule has 6 heteroatoms. The average Bonchev–Trinajstić information content (AvgIpc) is 2.76. The molecular weight excluding hydrogens is 380 g/mol. The number of ether oxygens (including phenoxy) is 1. The van der Waals surface area contributed by atoms with Crippen LogP contribution in [-0.2, 0) is 4.74 Å². The predicted molar refractivity (Wildman–Crippen MR) is 119 cm³/mol. The summed E-state index contributed by atoms with van der Waals surface area (Å²) in [4.78, 5) is 32.6. The molecule has 1 aliphatic heterocycles. The lowest BCUT2D eigenvalue weighted by atomic mass is 9.99. The summed E-state index contributed by atoms with van der Waals surface area (Å²) in [5.74, 6) is -0.530. The number of esters is 1. The van der Waals surface area contributed by atoms with Gasteiger partial charge in [-0.2, -0.15) is 0 Å². The van der Waals surface area contributed by atoms with Gasteiger partial charge in [0, 0.05) is 36.1 Å². The number of benzene rings is 3. The molecule has 0 radical (unpaired) electrons. The largest absolute Gasteiger partial charge is 0.462 e. The number of hydrogen-bond acceptors (Lipinski definition) is 6. The Morgan fingerprint density at radius 3 is 2.63 bits per heavy atom. The van der Waals surface area contributed by atoms with Gasteiger partial charge in [-0.1, -0.05) is 37.6 Å². The van der Waals surface area contributed by atoms with Crippen LogP contribution in [-0.4, -0.2) is 31.2 Å². The molecule has 30 heavy (non-hydrogen) atoms. The van der Waals surface area contributed by atoms with Crippen LogP contribution in [0, 0.1) is 0 Å². The van der Waals surface area contributed by atoms with Crippen LogP contribution < -0.4 is 10.3 Å². The van der Waals surface area contributed by atoms with Gasteiger partial charge in [0.15, 0.2) is 16.9 Å². The average molecular weight is 404 g/mol. The van der Waals surface area contributed by atoms with Crippen molar-refractivity contribution in [1.82, 2.24) is 4.98 Å². The van der Waals surface area contributed by atoms with Crippen LogP contribution in [0.25, 0.3) is 33.3 Å². The van der Waals surface area contributed by atoms with E-state index < -0.39 is 11.4 Å². The highest BCUT2D eigenvalue weighted by Crippen LogP contribution is 2.34. The lowest BCUT2D eigenvalue weighted by Gasteiger charge is -2.19. The second-order valence-corrected chi connectivity index (χ2v) is 7.29. The topological polar surface area (TPSA) is 72.6 Å².